The van der Waals surface area contributed by atoms with Crippen molar-refractivity contribution in [1.82, 2.24) is 10.6 Å². The van der Waals surface area contributed by atoms with E-state index >= 15 is 0 Å². The van der Waals surface area contributed by atoms with E-state index in [4.69, 9.17) is 14.2 Å². The quantitative estimate of drug-likeness (QED) is 0.0988. The molecule has 1 aromatic carbocycles. The number of alkyl halides is 3. The van der Waals surface area contributed by atoms with E-state index in [0.29, 0.717) is 0 Å². The van der Waals surface area contributed by atoms with Crippen LogP contribution in [-0.2, 0) is 33.3 Å². The molecule has 0 fully saturated rings. The van der Waals surface area contributed by atoms with Gasteiger partial charge in [0.25, 0.3) is 0 Å². The van der Waals surface area contributed by atoms with Crippen molar-refractivity contribution in [2.24, 2.45) is 0 Å². The summed E-state index contributed by atoms with van der Waals surface area (Å²) in [5, 5.41) is 4.13. The van der Waals surface area contributed by atoms with Crippen molar-refractivity contribution < 1.29 is 68.5 Å². The zero-order valence-electron chi connectivity index (χ0n) is 21.9. The van der Waals surface area contributed by atoms with Gasteiger partial charge in [-0.15, -0.1) is 0 Å². The van der Waals surface area contributed by atoms with Gasteiger partial charge < -0.3 is 29.6 Å². The zero-order valence-corrected chi connectivity index (χ0v) is 21.9. The molecule has 0 saturated carbocycles. The largest absolute Gasteiger partial charge is 0.471 e. The zero-order chi connectivity index (χ0) is 31.2. The second-order valence-corrected chi connectivity index (χ2v) is 8.22. The molecule has 0 spiro atoms. The third kappa shape index (κ3) is 7.52. The number of esters is 2. The second kappa shape index (κ2) is 13.8. The maximum absolute atomic E-state index is 15.0. The van der Waals surface area contributed by atoms with E-state index in [2.05, 4.69) is 10.1 Å². The molecule has 228 valence electrons. The highest BCUT2D eigenvalue weighted by molar-refractivity contribution is 6.00. The monoisotopic (exact) mass is 604 g/mol. The standard InChI is InChI=1S/C24H24F8N2O7/c1-5-40-22(36)13-11(8-39-6-7-41-10(3)34-23(37)24(30,31)32)33-9(2)12(21(35)38-4)14(13)15-16(25)18(27)20(29)19(28)17(15)26/h10,14,33H,5-8H2,1-4H3,(H,34,37). The molecule has 1 aliphatic rings. The summed E-state index contributed by atoms with van der Waals surface area (Å²) in [6.07, 6.45) is -6.53. The average molecular weight is 604 g/mol. The van der Waals surface area contributed by atoms with Crippen molar-refractivity contribution >= 4 is 17.8 Å². The fraction of sp³-hybridized carbons (Fsp3) is 0.458. The first-order chi connectivity index (χ1) is 19.1. The van der Waals surface area contributed by atoms with Gasteiger partial charge in [0.05, 0.1) is 56.3 Å². The lowest BCUT2D eigenvalue weighted by Crippen LogP contribution is -2.43. The Morgan fingerprint density at radius 2 is 1.49 bits per heavy atom. The van der Waals surface area contributed by atoms with Gasteiger partial charge in [0, 0.05) is 11.3 Å². The number of allylic oxidation sites excluding steroid dienone is 1. The molecule has 2 atom stereocenters. The lowest BCUT2D eigenvalue weighted by atomic mass is 9.79. The molecule has 2 rings (SSSR count). The van der Waals surface area contributed by atoms with Crippen LogP contribution in [0.3, 0.4) is 0 Å². The number of hydrogen-bond acceptors (Lipinski definition) is 8. The Hall–Kier alpha value is -3.73. The van der Waals surface area contributed by atoms with E-state index in [1.807, 2.05) is 0 Å². The summed E-state index contributed by atoms with van der Waals surface area (Å²) in [4.78, 5) is 36.5. The summed E-state index contributed by atoms with van der Waals surface area (Å²) in [6, 6.07) is 0. The number of nitrogens with one attached hydrogen (secondary N) is 2. The number of benzene rings is 1. The average Bonchev–Trinajstić information content (AvgIpc) is 2.89. The summed E-state index contributed by atoms with van der Waals surface area (Å²) >= 11 is 0. The molecule has 2 unspecified atom stereocenters. The Labute approximate surface area is 227 Å². The van der Waals surface area contributed by atoms with Gasteiger partial charge in [0.1, 0.15) is 6.23 Å². The van der Waals surface area contributed by atoms with Crippen LogP contribution in [0.5, 0.6) is 0 Å². The Kier molecular flexibility index (Phi) is 11.2. The highest BCUT2D eigenvalue weighted by Gasteiger charge is 2.44. The van der Waals surface area contributed by atoms with Gasteiger partial charge in [-0.3, -0.25) is 4.79 Å². The molecule has 2 N–H and O–H groups in total. The highest BCUT2D eigenvalue weighted by atomic mass is 19.4. The van der Waals surface area contributed by atoms with E-state index in [1.165, 1.54) is 19.2 Å². The molecule has 1 aromatic rings. The number of dihydropyridines is 1. The Balaban J connectivity index is 2.47. The van der Waals surface area contributed by atoms with Gasteiger partial charge in [-0.25, -0.2) is 31.5 Å². The molecular weight excluding hydrogens is 580 g/mol. The molecule has 0 aliphatic carbocycles. The highest BCUT2D eigenvalue weighted by Crippen LogP contribution is 2.43. The molecule has 0 radical (unpaired) electrons. The van der Waals surface area contributed by atoms with Crippen LogP contribution in [-0.4, -0.2) is 63.8 Å². The summed E-state index contributed by atoms with van der Waals surface area (Å²) in [7, 11) is 0.878. The summed E-state index contributed by atoms with van der Waals surface area (Å²) < 4.78 is 129. The topological polar surface area (TPSA) is 112 Å². The number of carbonyl (C=O) groups excluding carboxylic acids is 3. The van der Waals surface area contributed by atoms with Gasteiger partial charge in [0.2, 0.25) is 5.82 Å². The van der Waals surface area contributed by atoms with Gasteiger partial charge in [0.15, 0.2) is 23.3 Å². The third-order valence-corrected chi connectivity index (χ3v) is 5.51. The summed E-state index contributed by atoms with van der Waals surface area (Å²) in [6.45, 7) is 1.95. The molecule has 17 heteroatoms. The summed E-state index contributed by atoms with van der Waals surface area (Å²) in [5.41, 5.74) is -3.44. The van der Waals surface area contributed by atoms with Gasteiger partial charge in [-0.05, 0) is 20.8 Å². The summed E-state index contributed by atoms with van der Waals surface area (Å²) in [5.74, 6) is -18.8. The predicted molar refractivity (Wildman–Crippen MR) is 121 cm³/mol. The molecule has 1 amide bonds. The van der Waals surface area contributed by atoms with Gasteiger partial charge in [-0.2, -0.15) is 13.2 Å². The van der Waals surface area contributed by atoms with E-state index in [-0.39, 0.29) is 24.6 Å². The number of hydrogen-bond donors (Lipinski definition) is 2. The first-order valence-electron chi connectivity index (χ1n) is 11.6. The number of carbonyl (C=O) groups is 3. The van der Waals surface area contributed by atoms with Crippen molar-refractivity contribution in [2.45, 2.75) is 39.1 Å². The van der Waals surface area contributed by atoms with Gasteiger partial charge >= 0.3 is 24.0 Å². The van der Waals surface area contributed by atoms with Crippen LogP contribution in [0.25, 0.3) is 0 Å². The molecule has 1 aliphatic heterocycles. The number of rotatable bonds is 11. The van der Waals surface area contributed by atoms with Crippen LogP contribution < -0.4 is 10.6 Å². The first kappa shape index (κ1) is 33.5. The lowest BCUT2D eigenvalue weighted by molar-refractivity contribution is -0.177. The van der Waals surface area contributed by atoms with Crippen LogP contribution in [0.4, 0.5) is 35.1 Å². The number of halogens is 8. The van der Waals surface area contributed by atoms with Crippen LogP contribution in [0, 0.1) is 29.1 Å². The van der Waals surface area contributed by atoms with Crippen molar-refractivity contribution in [3.63, 3.8) is 0 Å². The lowest BCUT2D eigenvalue weighted by Gasteiger charge is -2.31. The van der Waals surface area contributed by atoms with Crippen molar-refractivity contribution in [1.29, 1.82) is 0 Å². The molecule has 0 bridgehead atoms. The Morgan fingerprint density at radius 3 is 2.00 bits per heavy atom. The first-order valence-corrected chi connectivity index (χ1v) is 11.6. The van der Waals surface area contributed by atoms with Crippen LogP contribution in [0.2, 0.25) is 0 Å². The smallest absolute Gasteiger partial charge is 0.466 e. The van der Waals surface area contributed by atoms with Crippen LogP contribution >= 0.6 is 0 Å². The maximum atomic E-state index is 15.0. The fourth-order valence-corrected chi connectivity index (χ4v) is 3.77. The molecule has 9 nitrogen and oxygen atoms in total. The molecule has 1 heterocycles. The van der Waals surface area contributed by atoms with E-state index in [9.17, 15) is 49.5 Å². The van der Waals surface area contributed by atoms with E-state index in [0.717, 1.165) is 14.0 Å². The number of ether oxygens (including phenoxy) is 4. The second-order valence-electron chi connectivity index (χ2n) is 8.22. The number of methoxy groups -OCH3 is 1. The minimum absolute atomic E-state index is 0.197. The van der Waals surface area contributed by atoms with Crippen molar-refractivity contribution in [3.8, 4) is 0 Å². The third-order valence-electron chi connectivity index (χ3n) is 5.51. The van der Waals surface area contributed by atoms with Gasteiger partial charge in [-0.1, -0.05) is 0 Å². The SMILES string of the molecule is CCOC(=O)C1=C(COCCOC(C)NC(=O)C(F)(F)F)NC(C)=C(C(=O)OC)C1c1c(F)c(F)c(F)c(F)c1F. The van der Waals surface area contributed by atoms with Crippen molar-refractivity contribution in [2.75, 3.05) is 33.5 Å². The van der Waals surface area contributed by atoms with E-state index in [1.54, 1.807) is 0 Å². The fourth-order valence-electron chi connectivity index (χ4n) is 3.77. The Morgan fingerprint density at radius 1 is 0.927 bits per heavy atom. The minimum atomic E-state index is -5.14. The molecular formula is C24H24F8N2O7. The van der Waals surface area contributed by atoms with Crippen molar-refractivity contribution in [3.05, 3.63) is 57.2 Å². The Bertz CT molecular complexity index is 1230. The molecule has 0 aromatic heterocycles. The van der Waals surface area contributed by atoms with Crippen LogP contribution in [0.1, 0.15) is 32.3 Å². The maximum Gasteiger partial charge on any atom is 0.471 e. The normalized spacial score (nSPS) is 16.3. The number of amides is 1. The minimum Gasteiger partial charge on any atom is -0.466 e. The van der Waals surface area contributed by atoms with Crippen LogP contribution in [0.15, 0.2) is 22.5 Å². The predicted octanol–water partition coefficient (Wildman–Crippen LogP) is 3.39. The molecule has 0 saturated heterocycles. The van der Waals surface area contributed by atoms with E-state index < -0.39 is 95.2 Å². The molecule has 41 heavy (non-hydrogen) atoms.